The minimum Gasteiger partial charge on any atom is -0.469 e. The van der Waals surface area contributed by atoms with Gasteiger partial charge >= 0.3 is 5.97 Å². The number of aliphatic hydroxyl groups excluding tert-OH is 1. The zero-order valence-corrected chi connectivity index (χ0v) is 27.1. The van der Waals surface area contributed by atoms with Crippen LogP contribution in [0.1, 0.15) is 74.6 Å². The van der Waals surface area contributed by atoms with Gasteiger partial charge in [-0.3, -0.25) is 4.79 Å². The number of methoxy groups -OCH3 is 1. The molecule has 0 aliphatic heterocycles. The van der Waals surface area contributed by atoms with Crippen molar-refractivity contribution in [3.8, 4) is 0 Å². The molecule has 3 aromatic carbocycles. The number of hydrogen-bond donors (Lipinski definition) is 1. The van der Waals surface area contributed by atoms with Crippen molar-refractivity contribution in [3.63, 3.8) is 0 Å². The maximum atomic E-state index is 12.9. The SMILES string of the molecule is CCC(C)CC(CC(CC(C)C(=O)OC)(c1ccccc1)c1cccc(COCCOCCOCCO)c1)c1ccccc1. The molecule has 240 valence electrons. The smallest absolute Gasteiger partial charge is 0.308 e. The number of ether oxygens (including phenoxy) is 4. The predicted molar refractivity (Wildman–Crippen MR) is 176 cm³/mol. The van der Waals surface area contributed by atoms with Gasteiger partial charge in [-0.1, -0.05) is 112 Å². The zero-order valence-electron chi connectivity index (χ0n) is 27.1. The van der Waals surface area contributed by atoms with Gasteiger partial charge in [0.05, 0.1) is 59.3 Å². The molecule has 44 heavy (non-hydrogen) atoms. The third-order valence-corrected chi connectivity index (χ3v) is 8.56. The van der Waals surface area contributed by atoms with Gasteiger partial charge in [-0.05, 0) is 53.4 Å². The van der Waals surface area contributed by atoms with E-state index >= 15 is 0 Å². The average Bonchev–Trinajstić information content (AvgIpc) is 3.07. The van der Waals surface area contributed by atoms with E-state index in [0.29, 0.717) is 57.9 Å². The summed E-state index contributed by atoms with van der Waals surface area (Å²) >= 11 is 0. The van der Waals surface area contributed by atoms with Crippen LogP contribution in [-0.4, -0.2) is 57.8 Å². The first kappa shape index (κ1) is 35.4. The molecular formula is C38H52O6. The molecule has 6 nitrogen and oxygen atoms in total. The number of hydrogen-bond acceptors (Lipinski definition) is 6. The van der Waals surface area contributed by atoms with Gasteiger partial charge in [-0.25, -0.2) is 0 Å². The van der Waals surface area contributed by atoms with Gasteiger partial charge < -0.3 is 24.1 Å². The number of aliphatic hydroxyl groups is 1. The molecular weight excluding hydrogens is 552 g/mol. The van der Waals surface area contributed by atoms with Crippen molar-refractivity contribution < 1.29 is 28.8 Å². The lowest BCUT2D eigenvalue weighted by Gasteiger charge is -2.40. The highest BCUT2D eigenvalue weighted by Gasteiger charge is 2.40. The lowest BCUT2D eigenvalue weighted by molar-refractivity contribution is -0.145. The zero-order chi connectivity index (χ0) is 31.6. The van der Waals surface area contributed by atoms with Crippen molar-refractivity contribution >= 4 is 5.97 Å². The van der Waals surface area contributed by atoms with Crippen molar-refractivity contribution in [1.29, 1.82) is 0 Å². The minimum absolute atomic E-state index is 0.0140. The Hall–Kier alpha value is -3.03. The van der Waals surface area contributed by atoms with Gasteiger partial charge in [0.25, 0.3) is 0 Å². The molecule has 3 aromatic rings. The molecule has 0 amide bonds. The van der Waals surface area contributed by atoms with Gasteiger partial charge in [0.2, 0.25) is 0 Å². The van der Waals surface area contributed by atoms with Crippen LogP contribution >= 0.6 is 0 Å². The molecule has 0 radical (unpaired) electrons. The Labute approximate surface area is 264 Å². The molecule has 0 heterocycles. The van der Waals surface area contributed by atoms with Crippen LogP contribution in [-0.2, 0) is 35.8 Å². The van der Waals surface area contributed by atoms with Crippen LogP contribution in [0, 0.1) is 11.8 Å². The summed E-state index contributed by atoms with van der Waals surface area (Å²) in [5.74, 6) is 0.382. The minimum atomic E-state index is -0.434. The van der Waals surface area contributed by atoms with E-state index in [9.17, 15) is 4.79 Å². The van der Waals surface area contributed by atoms with Gasteiger partial charge in [0.1, 0.15) is 0 Å². The molecule has 4 unspecified atom stereocenters. The van der Waals surface area contributed by atoms with E-state index in [4.69, 9.17) is 24.1 Å². The molecule has 0 saturated heterocycles. The van der Waals surface area contributed by atoms with Crippen molar-refractivity contribution in [1.82, 2.24) is 0 Å². The number of carbonyl (C=O) groups is 1. The highest BCUT2D eigenvalue weighted by molar-refractivity contribution is 5.72. The summed E-state index contributed by atoms with van der Waals surface area (Å²) in [5, 5.41) is 8.79. The van der Waals surface area contributed by atoms with Gasteiger partial charge in [-0.15, -0.1) is 0 Å². The Morgan fingerprint density at radius 2 is 1.39 bits per heavy atom. The Kier molecular flexibility index (Phi) is 15.6. The van der Waals surface area contributed by atoms with E-state index in [-0.39, 0.29) is 18.5 Å². The summed E-state index contributed by atoms with van der Waals surface area (Å²) < 4.78 is 22.1. The summed E-state index contributed by atoms with van der Waals surface area (Å²) in [4.78, 5) is 12.9. The van der Waals surface area contributed by atoms with E-state index in [1.54, 1.807) is 0 Å². The predicted octanol–water partition coefficient (Wildman–Crippen LogP) is 7.32. The maximum Gasteiger partial charge on any atom is 0.308 e. The van der Waals surface area contributed by atoms with Gasteiger partial charge in [0, 0.05) is 5.41 Å². The largest absolute Gasteiger partial charge is 0.469 e. The number of carbonyl (C=O) groups excluding carboxylic acids is 1. The topological polar surface area (TPSA) is 74.2 Å². The average molecular weight is 605 g/mol. The van der Waals surface area contributed by atoms with Crippen LogP contribution in [0.25, 0.3) is 0 Å². The first-order chi connectivity index (χ1) is 21.4. The Balaban J connectivity index is 1.96. The lowest BCUT2D eigenvalue weighted by atomic mass is 9.63. The molecule has 6 heteroatoms. The molecule has 0 aliphatic carbocycles. The molecule has 0 aromatic heterocycles. The van der Waals surface area contributed by atoms with Crippen molar-refractivity contribution in [2.24, 2.45) is 11.8 Å². The molecule has 1 N–H and O–H groups in total. The van der Waals surface area contributed by atoms with E-state index in [0.717, 1.165) is 24.8 Å². The summed E-state index contributed by atoms with van der Waals surface area (Å²) in [5.41, 5.74) is 4.37. The van der Waals surface area contributed by atoms with Crippen LogP contribution < -0.4 is 0 Å². The second kappa shape index (κ2) is 19.4. The Morgan fingerprint density at radius 1 is 0.773 bits per heavy atom. The fourth-order valence-corrected chi connectivity index (χ4v) is 6.07. The highest BCUT2D eigenvalue weighted by Crippen LogP contribution is 2.47. The summed E-state index contributed by atoms with van der Waals surface area (Å²) in [6.07, 6.45) is 3.68. The van der Waals surface area contributed by atoms with E-state index < -0.39 is 5.41 Å². The summed E-state index contributed by atoms with van der Waals surface area (Å²) in [6.45, 7) is 9.24. The monoisotopic (exact) mass is 604 g/mol. The summed E-state index contributed by atoms with van der Waals surface area (Å²) in [6, 6.07) is 30.2. The molecule has 0 aliphatic rings. The summed E-state index contributed by atoms with van der Waals surface area (Å²) in [7, 11) is 1.47. The third kappa shape index (κ3) is 10.8. The fraction of sp³-hybridized carbons (Fsp3) is 0.500. The normalized spacial score (nSPS) is 14.8. The first-order valence-corrected chi connectivity index (χ1v) is 16.0. The maximum absolute atomic E-state index is 12.9. The molecule has 0 saturated carbocycles. The van der Waals surface area contributed by atoms with Gasteiger partial charge in [0.15, 0.2) is 0 Å². The quantitative estimate of drug-likeness (QED) is 0.101. The van der Waals surface area contributed by atoms with Crippen LogP contribution in [0.2, 0.25) is 0 Å². The van der Waals surface area contributed by atoms with Crippen LogP contribution in [0.5, 0.6) is 0 Å². The lowest BCUT2D eigenvalue weighted by Crippen LogP contribution is -2.35. The van der Waals surface area contributed by atoms with Gasteiger partial charge in [-0.2, -0.15) is 0 Å². The van der Waals surface area contributed by atoms with Crippen LogP contribution in [0.3, 0.4) is 0 Å². The number of rotatable bonds is 21. The van der Waals surface area contributed by atoms with Crippen molar-refractivity contribution in [2.45, 2.75) is 64.4 Å². The van der Waals surface area contributed by atoms with Crippen LogP contribution in [0.4, 0.5) is 0 Å². The molecule has 0 fully saturated rings. The van der Waals surface area contributed by atoms with E-state index in [2.05, 4.69) is 98.8 Å². The van der Waals surface area contributed by atoms with Crippen LogP contribution in [0.15, 0.2) is 84.9 Å². The van der Waals surface area contributed by atoms with E-state index in [1.807, 2.05) is 6.92 Å². The fourth-order valence-electron chi connectivity index (χ4n) is 6.07. The molecule has 4 atom stereocenters. The Bertz CT molecular complexity index is 1200. The van der Waals surface area contributed by atoms with Crippen molar-refractivity contribution in [2.75, 3.05) is 46.8 Å². The Morgan fingerprint density at radius 3 is 2.02 bits per heavy atom. The second-order valence-corrected chi connectivity index (χ2v) is 11.8. The molecule has 0 bridgehead atoms. The first-order valence-electron chi connectivity index (χ1n) is 16.0. The number of esters is 1. The number of benzene rings is 3. The van der Waals surface area contributed by atoms with Crippen molar-refractivity contribution in [3.05, 3.63) is 107 Å². The highest BCUT2D eigenvalue weighted by atomic mass is 16.5. The van der Waals surface area contributed by atoms with E-state index in [1.165, 1.54) is 23.8 Å². The third-order valence-electron chi connectivity index (χ3n) is 8.56. The standard InChI is InChI=1S/C38H52O6/c1-5-30(2)25-34(33-14-8-6-9-15-33)28-38(27-31(3)37(40)41-4,35-16-10-7-11-17-35)36-18-12-13-32(26-36)29-44-24-23-43-22-21-42-20-19-39/h6-18,26,30-31,34,39H,5,19-25,27-29H2,1-4H3. The molecule has 3 rings (SSSR count). The molecule has 0 spiro atoms. The second-order valence-electron chi connectivity index (χ2n) is 11.8.